The van der Waals surface area contributed by atoms with Crippen LogP contribution in [0.1, 0.15) is 11.1 Å². The summed E-state index contributed by atoms with van der Waals surface area (Å²) in [4.78, 5) is 3.96. The van der Waals surface area contributed by atoms with Crippen LogP contribution in [-0.4, -0.2) is 11.5 Å². The van der Waals surface area contributed by atoms with E-state index in [4.69, 9.17) is 10.5 Å². The molecule has 0 fully saturated rings. The lowest BCUT2D eigenvalue weighted by atomic mass is 10.1. The van der Waals surface area contributed by atoms with Gasteiger partial charge in [-0.15, -0.1) is 0 Å². The van der Waals surface area contributed by atoms with Crippen LogP contribution in [0.2, 0.25) is 0 Å². The molecule has 0 amide bonds. The lowest BCUT2D eigenvalue weighted by Gasteiger charge is -2.04. The average Bonchev–Trinajstić information content (AvgIpc) is 2.15. The van der Waals surface area contributed by atoms with E-state index in [2.05, 4.69) is 10.3 Å². The maximum atomic E-state index is 8.79. The minimum Gasteiger partial charge on any atom is -0.356 e. The topological polar surface area (TPSA) is 72.5 Å². The van der Waals surface area contributed by atoms with Gasteiger partial charge in [0.1, 0.15) is 18.4 Å². The Morgan fingerprint density at radius 2 is 2.31 bits per heavy atom. The third-order valence-electron chi connectivity index (χ3n) is 1.61. The van der Waals surface area contributed by atoms with E-state index in [0.717, 1.165) is 5.56 Å². The largest absolute Gasteiger partial charge is 0.356 e. The predicted octanol–water partition coefficient (Wildman–Crippen LogP) is 1.20. The number of pyridine rings is 1. The van der Waals surface area contributed by atoms with Crippen LogP contribution >= 0.6 is 0 Å². The molecule has 0 aromatic carbocycles. The molecule has 13 heavy (non-hydrogen) atoms. The smallest absolute Gasteiger partial charge is 0.144 e. The fourth-order valence-corrected chi connectivity index (χ4v) is 0.957. The molecule has 1 aromatic heterocycles. The highest BCUT2D eigenvalue weighted by atomic mass is 15.0. The van der Waals surface area contributed by atoms with Gasteiger partial charge < -0.3 is 5.32 Å². The molecule has 0 radical (unpaired) electrons. The van der Waals surface area contributed by atoms with Gasteiger partial charge in [0.2, 0.25) is 0 Å². The molecule has 4 nitrogen and oxygen atoms in total. The Kier molecular flexibility index (Phi) is 2.83. The number of nitriles is 2. The van der Waals surface area contributed by atoms with Crippen molar-refractivity contribution in [1.29, 1.82) is 10.5 Å². The molecule has 1 N–H and O–H groups in total. The monoisotopic (exact) mass is 172 g/mol. The molecule has 0 aliphatic carbocycles. The molecule has 0 aliphatic heterocycles. The zero-order valence-electron chi connectivity index (χ0n) is 7.20. The van der Waals surface area contributed by atoms with Gasteiger partial charge in [-0.05, 0) is 18.6 Å². The van der Waals surface area contributed by atoms with Crippen molar-refractivity contribution in [2.24, 2.45) is 0 Å². The van der Waals surface area contributed by atoms with Gasteiger partial charge in [0.25, 0.3) is 0 Å². The van der Waals surface area contributed by atoms with Crippen LogP contribution in [0.4, 0.5) is 5.82 Å². The molecule has 1 heterocycles. The summed E-state index contributed by atoms with van der Waals surface area (Å²) in [6.45, 7) is 1.99. The minimum atomic E-state index is 0.158. The van der Waals surface area contributed by atoms with Crippen molar-refractivity contribution in [3.8, 4) is 12.1 Å². The van der Waals surface area contributed by atoms with Gasteiger partial charge in [-0.3, -0.25) is 0 Å². The Hall–Kier alpha value is -2.07. The van der Waals surface area contributed by atoms with Gasteiger partial charge in [-0.25, -0.2) is 4.98 Å². The second-order valence-corrected chi connectivity index (χ2v) is 2.47. The number of hydrogen-bond acceptors (Lipinski definition) is 4. The minimum absolute atomic E-state index is 0.158. The third kappa shape index (κ3) is 1.94. The van der Waals surface area contributed by atoms with Crippen molar-refractivity contribution < 1.29 is 0 Å². The first kappa shape index (κ1) is 9.02. The van der Waals surface area contributed by atoms with E-state index < -0.39 is 0 Å². The Morgan fingerprint density at radius 3 is 2.92 bits per heavy atom. The van der Waals surface area contributed by atoms with Crippen molar-refractivity contribution in [2.45, 2.75) is 6.92 Å². The number of hydrogen-bond donors (Lipinski definition) is 1. The van der Waals surface area contributed by atoms with Gasteiger partial charge in [0.15, 0.2) is 0 Å². The Bertz CT molecular complexity index is 384. The summed E-state index contributed by atoms with van der Waals surface area (Å²) in [5.41, 5.74) is 1.36. The summed E-state index contributed by atoms with van der Waals surface area (Å²) in [6, 6.07) is 5.72. The molecular formula is C9H8N4. The lowest BCUT2D eigenvalue weighted by molar-refractivity contribution is 1.19. The van der Waals surface area contributed by atoms with E-state index in [1.807, 2.05) is 19.1 Å². The predicted molar refractivity (Wildman–Crippen MR) is 47.8 cm³/mol. The Morgan fingerprint density at radius 1 is 1.54 bits per heavy atom. The first-order valence-electron chi connectivity index (χ1n) is 3.76. The lowest BCUT2D eigenvalue weighted by Crippen LogP contribution is -2.03. The van der Waals surface area contributed by atoms with E-state index in [-0.39, 0.29) is 6.54 Å². The SMILES string of the molecule is Cc1ccnc(NCC#N)c1C#N. The molecule has 1 aromatic rings. The Labute approximate surface area is 76.4 Å². The highest BCUT2D eigenvalue weighted by Gasteiger charge is 2.04. The molecule has 0 aliphatic rings. The van der Waals surface area contributed by atoms with Crippen LogP contribution in [0, 0.1) is 29.6 Å². The molecule has 0 saturated carbocycles. The van der Waals surface area contributed by atoms with E-state index in [1.54, 1.807) is 12.3 Å². The van der Waals surface area contributed by atoms with Crippen LogP contribution in [0.3, 0.4) is 0 Å². The van der Waals surface area contributed by atoms with Crippen molar-refractivity contribution in [3.05, 3.63) is 23.4 Å². The summed E-state index contributed by atoms with van der Waals surface area (Å²) < 4.78 is 0. The molecule has 0 spiro atoms. The van der Waals surface area contributed by atoms with Crippen molar-refractivity contribution in [1.82, 2.24) is 4.98 Å². The zero-order valence-corrected chi connectivity index (χ0v) is 7.20. The summed E-state index contributed by atoms with van der Waals surface area (Å²) >= 11 is 0. The summed E-state index contributed by atoms with van der Waals surface area (Å²) in [6.07, 6.45) is 1.61. The number of aromatic nitrogens is 1. The van der Waals surface area contributed by atoms with Crippen molar-refractivity contribution in [3.63, 3.8) is 0 Å². The number of nitrogens with zero attached hydrogens (tertiary/aromatic N) is 3. The zero-order chi connectivity index (χ0) is 9.68. The maximum absolute atomic E-state index is 8.79. The number of aryl methyl sites for hydroxylation is 1. The van der Waals surface area contributed by atoms with Crippen LogP contribution < -0.4 is 5.32 Å². The Balaban J connectivity index is 3.02. The maximum Gasteiger partial charge on any atom is 0.144 e. The second-order valence-electron chi connectivity index (χ2n) is 2.47. The molecule has 0 bridgehead atoms. The van der Waals surface area contributed by atoms with Gasteiger partial charge in [-0.2, -0.15) is 10.5 Å². The van der Waals surface area contributed by atoms with E-state index in [0.29, 0.717) is 11.4 Å². The summed E-state index contributed by atoms with van der Waals surface area (Å²) in [5.74, 6) is 0.476. The highest BCUT2D eigenvalue weighted by molar-refractivity contribution is 5.55. The van der Waals surface area contributed by atoms with Gasteiger partial charge in [-0.1, -0.05) is 0 Å². The number of anilines is 1. The standard InChI is InChI=1S/C9H8N4/c1-7-2-4-12-9(8(7)6-11)13-5-3-10/h2,4H,5H2,1H3,(H,12,13). The van der Waals surface area contributed by atoms with Crippen molar-refractivity contribution in [2.75, 3.05) is 11.9 Å². The normalized spacial score (nSPS) is 8.54. The van der Waals surface area contributed by atoms with Crippen LogP contribution in [-0.2, 0) is 0 Å². The van der Waals surface area contributed by atoms with Gasteiger partial charge in [0, 0.05) is 6.20 Å². The molecular weight excluding hydrogens is 164 g/mol. The van der Waals surface area contributed by atoms with Gasteiger partial charge >= 0.3 is 0 Å². The second kappa shape index (κ2) is 4.08. The van der Waals surface area contributed by atoms with E-state index >= 15 is 0 Å². The van der Waals surface area contributed by atoms with E-state index in [1.165, 1.54) is 0 Å². The van der Waals surface area contributed by atoms with Crippen LogP contribution in [0.5, 0.6) is 0 Å². The van der Waals surface area contributed by atoms with Gasteiger partial charge in [0.05, 0.1) is 11.6 Å². The molecule has 0 unspecified atom stereocenters. The molecule has 0 saturated heterocycles. The molecule has 1 rings (SSSR count). The summed E-state index contributed by atoms with van der Waals surface area (Å²) in [5, 5.41) is 19.9. The van der Waals surface area contributed by atoms with E-state index in [9.17, 15) is 0 Å². The fraction of sp³-hybridized carbons (Fsp3) is 0.222. The molecule has 4 heteroatoms. The van der Waals surface area contributed by atoms with Crippen LogP contribution in [0.15, 0.2) is 12.3 Å². The number of nitrogens with one attached hydrogen (secondary N) is 1. The third-order valence-corrected chi connectivity index (χ3v) is 1.61. The van der Waals surface area contributed by atoms with Crippen molar-refractivity contribution >= 4 is 5.82 Å². The highest BCUT2D eigenvalue weighted by Crippen LogP contribution is 2.14. The first-order chi connectivity index (χ1) is 6.29. The molecule has 0 atom stereocenters. The molecule has 64 valence electrons. The quantitative estimate of drug-likeness (QED) is 0.680. The number of rotatable bonds is 2. The fourth-order valence-electron chi connectivity index (χ4n) is 0.957. The average molecular weight is 172 g/mol. The summed E-state index contributed by atoms with van der Waals surface area (Å²) in [7, 11) is 0. The first-order valence-corrected chi connectivity index (χ1v) is 3.76. The van der Waals surface area contributed by atoms with Crippen LogP contribution in [0.25, 0.3) is 0 Å².